The Bertz CT molecular complexity index is 628. The van der Waals surface area contributed by atoms with Gasteiger partial charge in [-0.25, -0.2) is 0 Å². The predicted molar refractivity (Wildman–Crippen MR) is 83.6 cm³/mol. The molecule has 2 aromatic rings. The molecule has 0 bridgehead atoms. The molecule has 1 amide bonds. The minimum atomic E-state index is -0.130. The maximum absolute atomic E-state index is 11.8. The number of amides is 1. The van der Waals surface area contributed by atoms with Crippen LogP contribution in [0.5, 0.6) is 0 Å². The van der Waals surface area contributed by atoms with Crippen LogP contribution in [0.25, 0.3) is 0 Å². The molecular weight excluding hydrogens is 274 g/mol. The van der Waals surface area contributed by atoms with Crippen molar-refractivity contribution in [1.29, 1.82) is 0 Å². The van der Waals surface area contributed by atoms with Gasteiger partial charge in [0.25, 0.3) is 5.91 Å². The average molecular weight is 290 g/mol. The topological polar surface area (TPSA) is 67.2 Å². The van der Waals surface area contributed by atoms with Crippen LogP contribution in [0, 0.1) is 0 Å². The fraction of sp³-hybridized carbons (Fsp3) is 0.133. The summed E-state index contributed by atoms with van der Waals surface area (Å²) in [6.07, 6.45) is 0. The zero-order valence-electron chi connectivity index (χ0n) is 11.1. The quantitative estimate of drug-likeness (QED) is 0.756. The summed E-state index contributed by atoms with van der Waals surface area (Å²) in [6.45, 7) is 2.45. The van der Waals surface area contributed by atoms with E-state index in [9.17, 15) is 4.79 Å². The van der Waals surface area contributed by atoms with Crippen LogP contribution in [0.4, 0.5) is 17.1 Å². The van der Waals surface area contributed by atoms with Crippen molar-refractivity contribution in [2.75, 3.05) is 17.6 Å². The lowest BCUT2D eigenvalue weighted by atomic mass is 10.1. The van der Waals surface area contributed by atoms with E-state index in [0.717, 1.165) is 5.69 Å². The van der Waals surface area contributed by atoms with Crippen molar-refractivity contribution >= 4 is 34.6 Å². The van der Waals surface area contributed by atoms with Crippen molar-refractivity contribution in [2.24, 2.45) is 0 Å². The number of hydrogen-bond donors (Lipinski definition) is 3. The van der Waals surface area contributed by atoms with E-state index < -0.39 is 0 Å². The minimum absolute atomic E-state index is 0.130. The zero-order valence-corrected chi connectivity index (χ0v) is 11.9. The van der Waals surface area contributed by atoms with Gasteiger partial charge in [-0.3, -0.25) is 4.79 Å². The third-order valence-electron chi connectivity index (χ3n) is 2.80. The van der Waals surface area contributed by atoms with E-state index in [2.05, 4.69) is 10.6 Å². The number of nitrogens with two attached hydrogens (primary N) is 1. The van der Waals surface area contributed by atoms with E-state index in [1.54, 1.807) is 24.3 Å². The standard InChI is InChI=1S/C15H16ClN3O/c1-2-18-15(20)10-7-8-12(17)14(9-10)19-13-6-4-3-5-11(13)16/h3-9,19H,2,17H2,1H3,(H,18,20). The zero-order chi connectivity index (χ0) is 14.5. The van der Waals surface area contributed by atoms with E-state index >= 15 is 0 Å². The number of benzene rings is 2. The van der Waals surface area contributed by atoms with Gasteiger partial charge in [-0.05, 0) is 37.3 Å². The van der Waals surface area contributed by atoms with Gasteiger partial charge in [-0.15, -0.1) is 0 Å². The van der Waals surface area contributed by atoms with Crippen molar-refractivity contribution in [2.45, 2.75) is 6.92 Å². The molecule has 4 nitrogen and oxygen atoms in total. The number of carbonyl (C=O) groups is 1. The maximum atomic E-state index is 11.8. The molecule has 4 N–H and O–H groups in total. The van der Waals surface area contributed by atoms with Gasteiger partial charge >= 0.3 is 0 Å². The molecule has 2 aromatic carbocycles. The van der Waals surface area contributed by atoms with Crippen LogP contribution in [0.3, 0.4) is 0 Å². The lowest BCUT2D eigenvalue weighted by Crippen LogP contribution is -2.22. The Labute approximate surface area is 122 Å². The van der Waals surface area contributed by atoms with Crippen molar-refractivity contribution in [1.82, 2.24) is 5.32 Å². The molecule has 0 saturated carbocycles. The molecule has 0 fully saturated rings. The molecule has 0 spiro atoms. The van der Waals surface area contributed by atoms with Gasteiger partial charge in [-0.2, -0.15) is 0 Å². The molecule has 0 heterocycles. The molecule has 5 heteroatoms. The van der Waals surface area contributed by atoms with Gasteiger partial charge in [-0.1, -0.05) is 23.7 Å². The Morgan fingerprint density at radius 2 is 1.95 bits per heavy atom. The van der Waals surface area contributed by atoms with Crippen molar-refractivity contribution in [3.8, 4) is 0 Å². The summed E-state index contributed by atoms with van der Waals surface area (Å²) in [5.74, 6) is -0.130. The second kappa shape index (κ2) is 6.30. The van der Waals surface area contributed by atoms with Crippen LogP contribution < -0.4 is 16.4 Å². The molecule has 0 unspecified atom stereocenters. The Kier molecular flexibility index (Phi) is 4.48. The first-order valence-electron chi connectivity index (χ1n) is 6.31. The number of halogens is 1. The predicted octanol–water partition coefficient (Wildman–Crippen LogP) is 3.42. The van der Waals surface area contributed by atoms with E-state index in [4.69, 9.17) is 17.3 Å². The molecule has 0 atom stereocenters. The molecule has 0 aliphatic carbocycles. The molecular formula is C15H16ClN3O. The maximum Gasteiger partial charge on any atom is 0.251 e. The number of nitrogen functional groups attached to an aromatic ring is 1. The average Bonchev–Trinajstić information content (AvgIpc) is 2.44. The van der Waals surface area contributed by atoms with Crippen LogP contribution in [-0.2, 0) is 0 Å². The normalized spacial score (nSPS) is 10.1. The Balaban J connectivity index is 2.30. The molecule has 0 aliphatic heterocycles. The number of rotatable bonds is 4. The van der Waals surface area contributed by atoms with E-state index in [0.29, 0.717) is 28.5 Å². The third kappa shape index (κ3) is 3.22. The summed E-state index contributed by atoms with van der Waals surface area (Å²) >= 11 is 6.10. The first kappa shape index (κ1) is 14.2. The van der Waals surface area contributed by atoms with Crippen LogP contribution >= 0.6 is 11.6 Å². The van der Waals surface area contributed by atoms with Gasteiger partial charge < -0.3 is 16.4 Å². The van der Waals surface area contributed by atoms with E-state index in [1.807, 2.05) is 25.1 Å². The number of para-hydroxylation sites is 1. The molecule has 0 saturated heterocycles. The van der Waals surface area contributed by atoms with Crippen molar-refractivity contribution in [3.63, 3.8) is 0 Å². The summed E-state index contributed by atoms with van der Waals surface area (Å²) in [6, 6.07) is 12.5. The monoisotopic (exact) mass is 289 g/mol. The first-order valence-corrected chi connectivity index (χ1v) is 6.69. The smallest absolute Gasteiger partial charge is 0.251 e. The summed E-state index contributed by atoms with van der Waals surface area (Å²) in [7, 11) is 0. The Morgan fingerprint density at radius 1 is 1.20 bits per heavy atom. The second-order valence-electron chi connectivity index (χ2n) is 4.27. The third-order valence-corrected chi connectivity index (χ3v) is 3.13. The lowest BCUT2D eigenvalue weighted by Gasteiger charge is -2.12. The highest BCUT2D eigenvalue weighted by molar-refractivity contribution is 6.33. The molecule has 2 rings (SSSR count). The Hall–Kier alpha value is -2.20. The highest BCUT2D eigenvalue weighted by atomic mass is 35.5. The van der Waals surface area contributed by atoms with Gasteiger partial charge in [0.15, 0.2) is 0 Å². The van der Waals surface area contributed by atoms with E-state index in [-0.39, 0.29) is 5.91 Å². The fourth-order valence-electron chi connectivity index (χ4n) is 1.78. The Morgan fingerprint density at radius 3 is 2.65 bits per heavy atom. The molecule has 104 valence electrons. The number of anilines is 3. The van der Waals surface area contributed by atoms with Gasteiger partial charge in [0.1, 0.15) is 0 Å². The first-order chi connectivity index (χ1) is 9.61. The highest BCUT2D eigenvalue weighted by Gasteiger charge is 2.08. The van der Waals surface area contributed by atoms with Gasteiger partial charge in [0.05, 0.1) is 22.1 Å². The number of nitrogens with one attached hydrogen (secondary N) is 2. The van der Waals surface area contributed by atoms with Crippen molar-refractivity contribution < 1.29 is 4.79 Å². The summed E-state index contributed by atoms with van der Waals surface area (Å²) < 4.78 is 0. The summed E-state index contributed by atoms with van der Waals surface area (Å²) in [4.78, 5) is 11.8. The summed E-state index contributed by atoms with van der Waals surface area (Å²) in [5, 5.41) is 6.48. The molecule has 0 aliphatic rings. The summed E-state index contributed by atoms with van der Waals surface area (Å²) in [5.41, 5.74) is 8.43. The molecule has 20 heavy (non-hydrogen) atoms. The van der Waals surface area contributed by atoms with E-state index in [1.165, 1.54) is 0 Å². The van der Waals surface area contributed by atoms with Gasteiger partial charge in [0, 0.05) is 12.1 Å². The fourth-order valence-corrected chi connectivity index (χ4v) is 1.96. The van der Waals surface area contributed by atoms with Crippen LogP contribution in [0.1, 0.15) is 17.3 Å². The van der Waals surface area contributed by atoms with Gasteiger partial charge in [0.2, 0.25) is 0 Å². The molecule has 0 aromatic heterocycles. The second-order valence-corrected chi connectivity index (χ2v) is 4.67. The van der Waals surface area contributed by atoms with Crippen LogP contribution in [0.2, 0.25) is 5.02 Å². The van der Waals surface area contributed by atoms with Crippen LogP contribution in [-0.4, -0.2) is 12.5 Å². The minimum Gasteiger partial charge on any atom is -0.397 e. The van der Waals surface area contributed by atoms with Crippen molar-refractivity contribution in [3.05, 3.63) is 53.1 Å². The lowest BCUT2D eigenvalue weighted by molar-refractivity contribution is 0.0956. The SMILES string of the molecule is CCNC(=O)c1ccc(N)c(Nc2ccccc2Cl)c1. The number of carbonyl (C=O) groups excluding carboxylic acids is 1. The highest BCUT2D eigenvalue weighted by Crippen LogP contribution is 2.28. The largest absolute Gasteiger partial charge is 0.397 e. The molecule has 0 radical (unpaired) electrons. The number of hydrogen-bond acceptors (Lipinski definition) is 3. The van der Waals surface area contributed by atoms with Crippen LogP contribution in [0.15, 0.2) is 42.5 Å².